The van der Waals surface area contributed by atoms with Gasteiger partial charge in [-0.15, -0.1) is 0 Å². The Hall–Kier alpha value is -1.09. The van der Waals surface area contributed by atoms with Crippen LogP contribution in [0.3, 0.4) is 0 Å². The second kappa shape index (κ2) is 6.60. The van der Waals surface area contributed by atoms with E-state index in [2.05, 4.69) is 56.0 Å². The molecule has 0 unspecified atom stereocenters. The highest BCUT2D eigenvalue weighted by molar-refractivity contribution is 5.46. The molecule has 1 N–H and O–H groups in total. The first-order valence-corrected chi connectivity index (χ1v) is 6.44. The fraction of sp³-hybridized carbons (Fsp3) is 0.643. The predicted molar refractivity (Wildman–Crippen MR) is 74.5 cm³/mol. The Morgan fingerprint density at radius 2 is 2.12 bits per heavy atom. The molecule has 0 aliphatic rings. The Balaban J connectivity index is 2.72. The van der Waals surface area contributed by atoms with Gasteiger partial charge in [-0.25, -0.2) is 4.98 Å². The summed E-state index contributed by atoms with van der Waals surface area (Å²) < 4.78 is 0. The van der Waals surface area contributed by atoms with Gasteiger partial charge in [0, 0.05) is 32.4 Å². The summed E-state index contributed by atoms with van der Waals surface area (Å²) in [5.74, 6) is 1.10. The second-order valence-electron chi connectivity index (χ2n) is 4.94. The third-order valence-corrected chi connectivity index (χ3v) is 2.74. The number of nitrogens with zero attached hydrogens (tertiary/aromatic N) is 2. The normalized spacial score (nSPS) is 10.9. The fourth-order valence-electron chi connectivity index (χ4n) is 1.89. The van der Waals surface area contributed by atoms with Gasteiger partial charge in [0.05, 0.1) is 0 Å². The van der Waals surface area contributed by atoms with Crippen molar-refractivity contribution in [3.63, 3.8) is 0 Å². The largest absolute Gasteiger partial charge is 0.359 e. The van der Waals surface area contributed by atoms with Crippen LogP contribution in [0.15, 0.2) is 12.3 Å². The van der Waals surface area contributed by atoms with Crippen molar-refractivity contribution in [3.8, 4) is 0 Å². The lowest BCUT2D eigenvalue weighted by atomic mass is 10.2. The van der Waals surface area contributed by atoms with Crippen molar-refractivity contribution in [1.29, 1.82) is 0 Å². The zero-order valence-electron chi connectivity index (χ0n) is 11.7. The smallest absolute Gasteiger partial charge is 0.131 e. The molecule has 0 atom stereocenters. The Morgan fingerprint density at radius 1 is 1.41 bits per heavy atom. The van der Waals surface area contributed by atoms with Crippen LogP contribution in [0.1, 0.15) is 38.3 Å². The summed E-state index contributed by atoms with van der Waals surface area (Å²) in [5.41, 5.74) is 2.51. The van der Waals surface area contributed by atoms with Crippen molar-refractivity contribution in [1.82, 2.24) is 10.3 Å². The van der Waals surface area contributed by atoms with Crippen molar-refractivity contribution >= 4 is 5.82 Å². The highest BCUT2D eigenvalue weighted by Gasteiger charge is 2.06. The van der Waals surface area contributed by atoms with Crippen molar-refractivity contribution < 1.29 is 0 Å². The number of nitrogens with one attached hydrogen (secondary N) is 1. The van der Waals surface area contributed by atoms with Crippen LogP contribution in [-0.4, -0.2) is 24.6 Å². The third-order valence-electron chi connectivity index (χ3n) is 2.74. The first kappa shape index (κ1) is 14.0. The highest BCUT2D eigenvalue weighted by atomic mass is 15.2. The minimum atomic E-state index is 0.512. The molecule has 0 bridgehead atoms. The van der Waals surface area contributed by atoms with Crippen LogP contribution < -0.4 is 10.2 Å². The zero-order chi connectivity index (χ0) is 12.8. The maximum atomic E-state index is 4.56. The van der Waals surface area contributed by atoms with Crippen LogP contribution in [0, 0.1) is 6.92 Å². The van der Waals surface area contributed by atoms with Crippen LogP contribution in [0.25, 0.3) is 0 Å². The van der Waals surface area contributed by atoms with Gasteiger partial charge < -0.3 is 10.2 Å². The van der Waals surface area contributed by atoms with Gasteiger partial charge in [-0.05, 0) is 30.5 Å². The summed E-state index contributed by atoms with van der Waals surface area (Å²) in [7, 11) is 2.10. The number of anilines is 1. The first-order chi connectivity index (χ1) is 8.04. The molecule has 0 amide bonds. The van der Waals surface area contributed by atoms with Crippen LogP contribution in [0.5, 0.6) is 0 Å². The summed E-state index contributed by atoms with van der Waals surface area (Å²) >= 11 is 0. The standard InChI is InChI=1S/C14H25N3/c1-6-7-17(5)14-12(4)8-13(10-16-14)9-15-11(2)3/h8,10-11,15H,6-7,9H2,1-5H3. The number of aromatic nitrogens is 1. The molecule has 1 heterocycles. The lowest BCUT2D eigenvalue weighted by molar-refractivity contribution is 0.587. The Kier molecular flexibility index (Phi) is 5.42. The molecular weight excluding hydrogens is 210 g/mol. The molecule has 1 aromatic heterocycles. The molecule has 0 aliphatic carbocycles. The van der Waals surface area contributed by atoms with Gasteiger partial charge in [-0.2, -0.15) is 0 Å². The Labute approximate surface area is 105 Å². The van der Waals surface area contributed by atoms with Crippen LogP contribution in [-0.2, 0) is 6.54 Å². The molecule has 0 fully saturated rings. The minimum absolute atomic E-state index is 0.512. The van der Waals surface area contributed by atoms with E-state index in [1.165, 1.54) is 11.1 Å². The van der Waals surface area contributed by atoms with Crippen molar-refractivity contribution in [2.75, 3.05) is 18.5 Å². The van der Waals surface area contributed by atoms with Crippen molar-refractivity contribution in [2.45, 2.75) is 46.7 Å². The van der Waals surface area contributed by atoms with E-state index in [1.54, 1.807) is 0 Å². The van der Waals surface area contributed by atoms with E-state index in [1.807, 2.05) is 6.20 Å². The van der Waals surface area contributed by atoms with Crippen LogP contribution >= 0.6 is 0 Å². The van der Waals surface area contributed by atoms with Gasteiger partial charge in [-0.1, -0.05) is 20.8 Å². The molecular formula is C14H25N3. The maximum Gasteiger partial charge on any atom is 0.131 e. The number of hydrogen-bond donors (Lipinski definition) is 1. The molecule has 17 heavy (non-hydrogen) atoms. The molecule has 0 aliphatic heterocycles. The van der Waals surface area contributed by atoms with E-state index < -0.39 is 0 Å². The maximum absolute atomic E-state index is 4.56. The molecule has 1 aromatic rings. The van der Waals surface area contributed by atoms with E-state index in [4.69, 9.17) is 0 Å². The molecule has 0 spiro atoms. The Morgan fingerprint density at radius 3 is 2.65 bits per heavy atom. The fourth-order valence-corrected chi connectivity index (χ4v) is 1.89. The number of aryl methyl sites for hydroxylation is 1. The number of rotatable bonds is 6. The summed E-state index contributed by atoms with van der Waals surface area (Å²) in [6.07, 6.45) is 3.12. The number of hydrogen-bond acceptors (Lipinski definition) is 3. The van der Waals surface area contributed by atoms with Gasteiger partial charge in [0.15, 0.2) is 0 Å². The molecule has 0 saturated heterocycles. The summed E-state index contributed by atoms with van der Waals surface area (Å²) in [5, 5.41) is 3.41. The van der Waals surface area contributed by atoms with Gasteiger partial charge in [0.2, 0.25) is 0 Å². The van der Waals surface area contributed by atoms with E-state index in [-0.39, 0.29) is 0 Å². The van der Waals surface area contributed by atoms with Crippen molar-refractivity contribution in [2.24, 2.45) is 0 Å². The quantitative estimate of drug-likeness (QED) is 0.821. The van der Waals surface area contributed by atoms with E-state index in [0.29, 0.717) is 6.04 Å². The summed E-state index contributed by atoms with van der Waals surface area (Å²) in [4.78, 5) is 6.78. The first-order valence-electron chi connectivity index (χ1n) is 6.44. The molecule has 0 aromatic carbocycles. The SMILES string of the molecule is CCCN(C)c1ncc(CNC(C)C)cc1C. The molecule has 0 radical (unpaired) electrons. The molecule has 96 valence electrons. The average Bonchev–Trinajstić information content (AvgIpc) is 2.26. The highest BCUT2D eigenvalue weighted by Crippen LogP contribution is 2.16. The molecule has 3 nitrogen and oxygen atoms in total. The summed E-state index contributed by atoms with van der Waals surface area (Å²) in [6.45, 7) is 10.6. The van der Waals surface area contributed by atoms with Gasteiger partial charge >= 0.3 is 0 Å². The zero-order valence-corrected chi connectivity index (χ0v) is 11.7. The van der Waals surface area contributed by atoms with E-state index in [0.717, 1.165) is 25.3 Å². The third kappa shape index (κ3) is 4.35. The van der Waals surface area contributed by atoms with Gasteiger partial charge in [-0.3, -0.25) is 0 Å². The second-order valence-corrected chi connectivity index (χ2v) is 4.94. The lowest BCUT2D eigenvalue weighted by Gasteiger charge is -2.20. The Bertz CT molecular complexity index is 347. The van der Waals surface area contributed by atoms with E-state index >= 15 is 0 Å². The van der Waals surface area contributed by atoms with Gasteiger partial charge in [0.1, 0.15) is 5.82 Å². The topological polar surface area (TPSA) is 28.2 Å². The van der Waals surface area contributed by atoms with Crippen LogP contribution in [0.2, 0.25) is 0 Å². The lowest BCUT2D eigenvalue weighted by Crippen LogP contribution is -2.23. The van der Waals surface area contributed by atoms with Crippen molar-refractivity contribution in [3.05, 3.63) is 23.4 Å². The minimum Gasteiger partial charge on any atom is -0.359 e. The average molecular weight is 235 g/mol. The van der Waals surface area contributed by atoms with Gasteiger partial charge in [0.25, 0.3) is 0 Å². The predicted octanol–water partition coefficient (Wildman–Crippen LogP) is 2.73. The van der Waals surface area contributed by atoms with Crippen LogP contribution in [0.4, 0.5) is 5.82 Å². The monoisotopic (exact) mass is 235 g/mol. The molecule has 0 saturated carbocycles. The van der Waals surface area contributed by atoms with E-state index in [9.17, 15) is 0 Å². The molecule has 1 rings (SSSR count). The summed E-state index contributed by atoms with van der Waals surface area (Å²) in [6, 6.07) is 2.74. The number of pyridine rings is 1. The molecule has 3 heteroatoms.